The van der Waals surface area contributed by atoms with Crippen LogP contribution in [-0.4, -0.2) is 12.6 Å². The second-order valence-electron chi connectivity index (χ2n) is 5.13. The van der Waals surface area contributed by atoms with E-state index in [9.17, 15) is 0 Å². The minimum absolute atomic E-state index is 0.692. The average Bonchev–Trinajstić information content (AvgIpc) is 3.01. The van der Waals surface area contributed by atoms with Gasteiger partial charge in [0.05, 0.1) is 0 Å². The monoisotopic (exact) mass is 209 g/mol. The van der Waals surface area contributed by atoms with Crippen molar-refractivity contribution in [3.63, 3.8) is 0 Å². The number of hydrogen-bond donors (Lipinski definition) is 1. The van der Waals surface area contributed by atoms with Crippen LogP contribution in [0, 0.1) is 11.8 Å². The fourth-order valence-corrected chi connectivity index (χ4v) is 1.83. The van der Waals surface area contributed by atoms with E-state index in [4.69, 9.17) is 0 Å². The topological polar surface area (TPSA) is 12.0 Å². The average molecular weight is 209 g/mol. The molecule has 1 N–H and O–H groups in total. The molecular weight excluding hydrogens is 182 g/mol. The maximum absolute atomic E-state index is 3.62. The molecule has 0 aromatic heterocycles. The summed E-state index contributed by atoms with van der Waals surface area (Å²) in [4.78, 5) is 0. The van der Waals surface area contributed by atoms with Crippen LogP contribution in [0.2, 0.25) is 0 Å². The van der Waals surface area contributed by atoms with Crippen LogP contribution >= 0.6 is 0 Å². The van der Waals surface area contributed by atoms with Gasteiger partial charge in [-0.05, 0) is 37.5 Å². The lowest BCUT2D eigenvalue weighted by Gasteiger charge is -2.16. The lowest BCUT2D eigenvalue weighted by atomic mass is 9.94. The molecule has 0 aromatic carbocycles. The summed E-state index contributed by atoms with van der Waals surface area (Å²) in [7, 11) is 0. The first-order valence-corrected chi connectivity index (χ1v) is 6.61. The van der Waals surface area contributed by atoms with Crippen molar-refractivity contribution in [1.29, 1.82) is 0 Å². The smallest absolute Gasteiger partial charge is 0.0169 e. The van der Waals surface area contributed by atoms with Crippen LogP contribution in [0.1, 0.15) is 53.4 Å². The SMILES string of the molecule is CCC(C=C(CNC1CC1)C(C)C)CC. The minimum Gasteiger partial charge on any atom is -0.310 e. The highest BCUT2D eigenvalue weighted by molar-refractivity contribution is 5.09. The number of rotatable bonds is 7. The highest BCUT2D eigenvalue weighted by Crippen LogP contribution is 2.21. The van der Waals surface area contributed by atoms with Crippen LogP contribution in [-0.2, 0) is 0 Å². The van der Waals surface area contributed by atoms with Crippen molar-refractivity contribution in [2.24, 2.45) is 11.8 Å². The summed E-state index contributed by atoms with van der Waals surface area (Å²) in [6.07, 6.45) is 7.83. The molecule has 1 saturated carbocycles. The summed E-state index contributed by atoms with van der Waals surface area (Å²) in [5, 5.41) is 3.62. The normalized spacial score (nSPS) is 17.9. The van der Waals surface area contributed by atoms with Gasteiger partial charge >= 0.3 is 0 Å². The van der Waals surface area contributed by atoms with E-state index in [2.05, 4.69) is 39.1 Å². The molecule has 1 aliphatic carbocycles. The fourth-order valence-electron chi connectivity index (χ4n) is 1.83. The first-order valence-electron chi connectivity index (χ1n) is 6.61. The first-order chi connectivity index (χ1) is 7.17. The third-order valence-corrected chi connectivity index (χ3v) is 3.41. The van der Waals surface area contributed by atoms with Gasteiger partial charge in [0.15, 0.2) is 0 Å². The van der Waals surface area contributed by atoms with Crippen molar-refractivity contribution in [3.05, 3.63) is 11.6 Å². The Morgan fingerprint density at radius 3 is 2.27 bits per heavy atom. The molecule has 0 amide bonds. The van der Waals surface area contributed by atoms with Crippen LogP contribution in [0.15, 0.2) is 11.6 Å². The molecule has 0 heterocycles. The Labute approximate surface area is 95.3 Å². The molecule has 0 atom stereocenters. The number of allylic oxidation sites excluding steroid dienone is 1. The predicted octanol–water partition coefficient (Wildman–Crippen LogP) is 3.76. The fraction of sp³-hybridized carbons (Fsp3) is 0.857. The zero-order valence-electron chi connectivity index (χ0n) is 10.8. The molecule has 1 heteroatoms. The Bertz CT molecular complexity index is 197. The van der Waals surface area contributed by atoms with E-state index < -0.39 is 0 Å². The molecule has 0 aliphatic heterocycles. The van der Waals surface area contributed by atoms with Gasteiger partial charge in [-0.25, -0.2) is 0 Å². The summed E-state index contributed by atoms with van der Waals surface area (Å²) in [5.74, 6) is 1.47. The van der Waals surface area contributed by atoms with E-state index >= 15 is 0 Å². The van der Waals surface area contributed by atoms with Crippen LogP contribution in [0.4, 0.5) is 0 Å². The number of hydrogen-bond acceptors (Lipinski definition) is 1. The van der Waals surface area contributed by atoms with Gasteiger partial charge in [-0.1, -0.05) is 39.3 Å². The quantitative estimate of drug-likeness (QED) is 0.630. The van der Waals surface area contributed by atoms with Crippen LogP contribution in [0.5, 0.6) is 0 Å². The largest absolute Gasteiger partial charge is 0.310 e. The summed E-state index contributed by atoms with van der Waals surface area (Å²) in [6, 6.07) is 0.828. The van der Waals surface area contributed by atoms with E-state index in [-0.39, 0.29) is 0 Å². The van der Waals surface area contributed by atoms with Gasteiger partial charge < -0.3 is 5.32 Å². The minimum atomic E-state index is 0.692. The van der Waals surface area contributed by atoms with Crippen molar-refractivity contribution >= 4 is 0 Å². The van der Waals surface area contributed by atoms with Crippen LogP contribution in [0.25, 0.3) is 0 Å². The molecule has 0 spiro atoms. The van der Waals surface area contributed by atoms with Gasteiger partial charge in [-0.3, -0.25) is 0 Å². The van der Waals surface area contributed by atoms with Gasteiger partial charge in [-0.2, -0.15) is 0 Å². The Kier molecular flexibility index (Phi) is 5.38. The van der Waals surface area contributed by atoms with Crippen molar-refractivity contribution in [3.8, 4) is 0 Å². The third-order valence-electron chi connectivity index (χ3n) is 3.41. The Morgan fingerprint density at radius 2 is 1.87 bits per heavy atom. The standard InChI is InChI=1S/C14H27N/c1-5-12(6-2)9-13(11(3)4)10-15-14-7-8-14/h9,11-12,14-15H,5-8,10H2,1-4H3. The van der Waals surface area contributed by atoms with Gasteiger partial charge in [0, 0.05) is 12.6 Å². The van der Waals surface area contributed by atoms with Crippen molar-refractivity contribution in [1.82, 2.24) is 5.32 Å². The van der Waals surface area contributed by atoms with Crippen molar-refractivity contribution < 1.29 is 0 Å². The van der Waals surface area contributed by atoms with Crippen molar-refractivity contribution in [2.75, 3.05) is 6.54 Å². The lowest BCUT2D eigenvalue weighted by molar-refractivity contribution is 0.578. The molecular formula is C14H27N. The van der Waals surface area contributed by atoms with E-state index in [0.29, 0.717) is 5.92 Å². The molecule has 1 nitrogen and oxygen atoms in total. The molecule has 0 aromatic rings. The second kappa shape index (κ2) is 6.32. The predicted molar refractivity (Wildman–Crippen MR) is 68.0 cm³/mol. The summed E-state index contributed by atoms with van der Waals surface area (Å²) in [5.41, 5.74) is 1.61. The molecule has 1 fully saturated rings. The highest BCUT2D eigenvalue weighted by Gasteiger charge is 2.20. The molecule has 1 rings (SSSR count). The summed E-state index contributed by atoms with van der Waals surface area (Å²) < 4.78 is 0. The zero-order chi connectivity index (χ0) is 11.3. The van der Waals surface area contributed by atoms with Crippen LogP contribution in [0.3, 0.4) is 0 Å². The number of nitrogens with one attached hydrogen (secondary N) is 1. The summed E-state index contributed by atoms with van der Waals surface area (Å²) in [6.45, 7) is 10.3. The van der Waals surface area contributed by atoms with Gasteiger partial charge in [-0.15, -0.1) is 0 Å². The van der Waals surface area contributed by atoms with E-state index in [1.807, 2.05) is 0 Å². The molecule has 15 heavy (non-hydrogen) atoms. The highest BCUT2D eigenvalue weighted by atomic mass is 14.9. The first kappa shape index (κ1) is 12.8. The van der Waals surface area contributed by atoms with E-state index in [1.165, 1.54) is 25.7 Å². The van der Waals surface area contributed by atoms with E-state index in [0.717, 1.165) is 18.5 Å². The lowest BCUT2D eigenvalue weighted by Crippen LogP contribution is -2.21. The Balaban J connectivity index is 2.45. The van der Waals surface area contributed by atoms with Crippen LogP contribution < -0.4 is 5.32 Å². The summed E-state index contributed by atoms with van der Waals surface area (Å²) >= 11 is 0. The third kappa shape index (κ3) is 4.83. The molecule has 0 radical (unpaired) electrons. The Hall–Kier alpha value is -0.300. The molecule has 0 bridgehead atoms. The Morgan fingerprint density at radius 1 is 1.27 bits per heavy atom. The molecule has 0 saturated heterocycles. The maximum Gasteiger partial charge on any atom is 0.0169 e. The molecule has 88 valence electrons. The molecule has 1 aliphatic rings. The van der Waals surface area contributed by atoms with Gasteiger partial charge in [0.25, 0.3) is 0 Å². The zero-order valence-corrected chi connectivity index (χ0v) is 10.8. The second-order valence-corrected chi connectivity index (χ2v) is 5.13. The van der Waals surface area contributed by atoms with Gasteiger partial charge in [0.1, 0.15) is 0 Å². The van der Waals surface area contributed by atoms with Gasteiger partial charge in [0.2, 0.25) is 0 Å². The molecule has 0 unspecified atom stereocenters. The maximum atomic E-state index is 3.62. The van der Waals surface area contributed by atoms with E-state index in [1.54, 1.807) is 5.57 Å². The van der Waals surface area contributed by atoms with Crippen molar-refractivity contribution in [2.45, 2.75) is 59.4 Å².